The molecule has 0 aromatic rings. The molecule has 0 saturated heterocycles. The second kappa shape index (κ2) is 11.7. The summed E-state index contributed by atoms with van der Waals surface area (Å²) in [5, 5.41) is 0. The van der Waals surface area contributed by atoms with Gasteiger partial charge in [-0.15, -0.1) is 0 Å². The van der Waals surface area contributed by atoms with E-state index >= 15 is 0 Å². The number of hydrogen-bond donors (Lipinski definition) is 3. The molecule has 0 aliphatic heterocycles. The average molecular weight is 255 g/mol. The van der Waals surface area contributed by atoms with Gasteiger partial charge in [0.2, 0.25) is 0 Å². The molecule has 0 atom stereocenters. The maximum atomic E-state index is 5.43. The predicted molar refractivity (Wildman–Crippen MR) is 80.9 cm³/mol. The molecule has 0 heterocycles. The van der Waals surface area contributed by atoms with Crippen LogP contribution in [0.1, 0.15) is 77.6 Å². The molecular formula is C15H33N3. The van der Waals surface area contributed by atoms with Gasteiger partial charge in [0.05, 0.1) is 0 Å². The third-order valence-corrected chi connectivity index (χ3v) is 3.13. The largest absolute Gasteiger partial charge is 0.298 e. The summed E-state index contributed by atoms with van der Waals surface area (Å²) in [6.45, 7) is 2.26. The highest BCUT2D eigenvalue weighted by Crippen LogP contribution is 2.11. The van der Waals surface area contributed by atoms with Gasteiger partial charge in [0.1, 0.15) is 5.79 Å². The predicted octanol–water partition coefficient (Wildman–Crippen LogP) is 3.38. The molecular weight excluding hydrogens is 222 g/mol. The fourth-order valence-corrected chi connectivity index (χ4v) is 2.04. The molecule has 0 bridgehead atoms. The Balaban J connectivity index is 3.10. The van der Waals surface area contributed by atoms with Gasteiger partial charge in [-0.2, -0.15) is 0 Å². The van der Waals surface area contributed by atoms with E-state index in [9.17, 15) is 0 Å². The van der Waals surface area contributed by atoms with Crippen LogP contribution in [0.5, 0.6) is 0 Å². The standard InChI is InChI=1S/C15H33N3/c1-2-3-4-5-6-7-8-9-10-11-12-13-14-15(16,17)18/h13-14H,2-12,16-18H2,1H3. The van der Waals surface area contributed by atoms with Crippen LogP contribution >= 0.6 is 0 Å². The molecule has 18 heavy (non-hydrogen) atoms. The molecule has 0 aromatic carbocycles. The molecule has 0 aliphatic carbocycles. The maximum absolute atomic E-state index is 5.43. The summed E-state index contributed by atoms with van der Waals surface area (Å²) in [5.74, 6) is -1.14. The molecule has 0 amide bonds. The zero-order valence-corrected chi connectivity index (χ0v) is 12.2. The van der Waals surface area contributed by atoms with Gasteiger partial charge in [-0.05, 0) is 18.9 Å². The first kappa shape index (κ1) is 17.6. The first-order valence-corrected chi connectivity index (χ1v) is 7.60. The van der Waals surface area contributed by atoms with Crippen molar-refractivity contribution in [1.29, 1.82) is 0 Å². The van der Waals surface area contributed by atoms with E-state index in [0.29, 0.717) is 0 Å². The molecule has 6 N–H and O–H groups in total. The minimum absolute atomic E-state index is 1.03. The van der Waals surface area contributed by atoms with Gasteiger partial charge < -0.3 is 0 Å². The Labute approximate surface area is 113 Å². The van der Waals surface area contributed by atoms with Crippen LogP contribution in [0.4, 0.5) is 0 Å². The number of nitrogens with two attached hydrogens (primary N) is 3. The van der Waals surface area contributed by atoms with Crippen molar-refractivity contribution >= 4 is 0 Å². The van der Waals surface area contributed by atoms with E-state index in [1.165, 1.54) is 64.2 Å². The van der Waals surface area contributed by atoms with Crippen molar-refractivity contribution in [3.05, 3.63) is 12.2 Å². The first-order chi connectivity index (χ1) is 8.56. The number of rotatable bonds is 12. The van der Waals surface area contributed by atoms with E-state index in [-0.39, 0.29) is 0 Å². The van der Waals surface area contributed by atoms with Crippen LogP contribution in [0.25, 0.3) is 0 Å². The fourth-order valence-electron chi connectivity index (χ4n) is 2.04. The summed E-state index contributed by atoms with van der Waals surface area (Å²) in [7, 11) is 0. The van der Waals surface area contributed by atoms with Crippen molar-refractivity contribution in [3.63, 3.8) is 0 Å². The molecule has 3 heteroatoms. The minimum Gasteiger partial charge on any atom is -0.298 e. The summed E-state index contributed by atoms with van der Waals surface area (Å²) < 4.78 is 0. The summed E-state index contributed by atoms with van der Waals surface area (Å²) in [6, 6.07) is 0. The van der Waals surface area contributed by atoms with Crippen molar-refractivity contribution < 1.29 is 0 Å². The van der Waals surface area contributed by atoms with Crippen LogP contribution in [-0.2, 0) is 0 Å². The molecule has 0 aromatic heterocycles. The lowest BCUT2D eigenvalue weighted by Crippen LogP contribution is -2.56. The lowest BCUT2D eigenvalue weighted by molar-refractivity contribution is 0.555. The maximum Gasteiger partial charge on any atom is 0.135 e. The van der Waals surface area contributed by atoms with Gasteiger partial charge >= 0.3 is 0 Å². The molecule has 3 nitrogen and oxygen atoms in total. The zero-order valence-electron chi connectivity index (χ0n) is 12.2. The smallest absolute Gasteiger partial charge is 0.135 e. The van der Waals surface area contributed by atoms with E-state index in [4.69, 9.17) is 17.2 Å². The Kier molecular flexibility index (Phi) is 11.4. The van der Waals surface area contributed by atoms with Crippen molar-refractivity contribution in [3.8, 4) is 0 Å². The Bertz CT molecular complexity index is 194. The quantitative estimate of drug-likeness (QED) is 0.284. The van der Waals surface area contributed by atoms with Gasteiger partial charge in [0, 0.05) is 0 Å². The second-order valence-corrected chi connectivity index (χ2v) is 5.37. The van der Waals surface area contributed by atoms with Gasteiger partial charge in [-0.3, -0.25) is 17.2 Å². The van der Waals surface area contributed by atoms with Crippen LogP contribution in [0.15, 0.2) is 12.2 Å². The fraction of sp³-hybridized carbons (Fsp3) is 0.867. The Hall–Kier alpha value is -0.380. The van der Waals surface area contributed by atoms with E-state index < -0.39 is 5.79 Å². The molecule has 0 unspecified atom stereocenters. The monoisotopic (exact) mass is 255 g/mol. The van der Waals surface area contributed by atoms with Gasteiger partial charge in [0.25, 0.3) is 0 Å². The SMILES string of the molecule is CCCCCCCCCCCCC=CC(N)(N)N. The van der Waals surface area contributed by atoms with E-state index in [1.54, 1.807) is 6.08 Å². The Morgan fingerprint density at radius 2 is 1.17 bits per heavy atom. The Morgan fingerprint density at radius 1 is 0.722 bits per heavy atom. The van der Waals surface area contributed by atoms with Crippen molar-refractivity contribution in [2.24, 2.45) is 17.2 Å². The van der Waals surface area contributed by atoms with E-state index in [1.807, 2.05) is 6.08 Å². The molecule has 0 saturated carbocycles. The molecule has 0 rings (SSSR count). The van der Waals surface area contributed by atoms with Gasteiger partial charge in [-0.1, -0.05) is 70.8 Å². The molecule has 0 aliphatic rings. The summed E-state index contributed by atoms with van der Waals surface area (Å²) in [6.07, 6.45) is 18.3. The highest BCUT2D eigenvalue weighted by atomic mass is 15.1. The van der Waals surface area contributed by atoms with Crippen molar-refractivity contribution in [1.82, 2.24) is 0 Å². The van der Waals surface area contributed by atoms with Crippen LogP contribution in [-0.4, -0.2) is 5.79 Å². The molecule has 108 valence electrons. The third-order valence-electron chi connectivity index (χ3n) is 3.13. The van der Waals surface area contributed by atoms with Crippen LogP contribution < -0.4 is 17.2 Å². The van der Waals surface area contributed by atoms with Crippen LogP contribution in [0.2, 0.25) is 0 Å². The Morgan fingerprint density at radius 3 is 1.61 bits per heavy atom. The van der Waals surface area contributed by atoms with E-state index in [0.717, 1.165) is 6.42 Å². The molecule has 0 fully saturated rings. The van der Waals surface area contributed by atoms with Crippen molar-refractivity contribution in [2.45, 2.75) is 83.3 Å². The average Bonchev–Trinajstić information content (AvgIpc) is 2.29. The normalized spacial score (nSPS) is 12.4. The highest BCUT2D eigenvalue weighted by Gasteiger charge is 2.03. The highest BCUT2D eigenvalue weighted by molar-refractivity contribution is 4.96. The summed E-state index contributed by atoms with van der Waals surface area (Å²) in [4.78, 5) is 0. The first-order valence-electron chi connectivity index (χ1n) is 7.60. The van der Waals surface area contributed by atoms with Gasteiger partial charge in [0.15, 0.2) is 0 Å². The lowest BCUT2D eigenvalue weighted by atomic mass is 10.1. The number of allylic oxidation sites excluding steroid dienone is 1. The lowest BCUT2D eigenvalue weighted by Gasteiger charge is -2.11. The van der Waals surface area contributed by atoms with Crippen molar-refractivity contribution in [2.75, 3.05) is 0 Å². The van der Waals surface area contributed by atoms with E-state index in [2.05, 4.69) is 6.92 Å². The van der Waals surface area contributed by atoms with Crippen LogP contribution in [0.3, 0.4) is 0 Å². The number of hydrogen-bond acceptors (Lipinski definition) is 3. The van der Waals surface area contributed by atoms with Gasteiger partial charge in [-0.25, -0.2) is 0 Å². The topological polar surface area (TPSA) is 78.1 Å². The molecule has 0 spiro atoms. The summed E-state index contributed by atoms with van der Waals surface area (Å²) >= 11 is 0. The third kappa shape index (κ3) is 15.6. The van der Waals surface area contributed by atoms with Crippen LogP contribution in [0, 0.1) is 0 Å². The molecule has 0 radical (unpaired) electrons. The zero-order chi connectivity index (χ0) is 13.7. The minimum atomic E-state index is -1.14. The number of unbranched alkanes of at least 4 members (excludes halogenated alkanes) is 10. The second-order valence-electron chi connectivity index (χ2n) is 5.37. The summed E-state index contributed by atoms with van der Waals surface area (Å²) in [5.41, 5.74) is 16.3.